The van der Waals surface area contributed by atoms with Gasteiger partial charge in [-0.05, 0) is 19.8 Å². The topological polar surface area (TPSA) is 121 Å². The van der Waals surface area contributed by atoms with Crippen molar-refractivity contribution in [3.8, 4) is 0 Å². The number of hydroxylamine groups is 1. The van der Waals surface area contributed by atoms with E-state index < -0.39 is 24.0 Å². The lowest BCUT2D eigenvalue weighted by atomic mass is 10.2. The predicted octanol–water partition coefficient (Wildman–Crippen LogP) is -0.298. The molecule has 0 aromatic carbocycles. The average Bonchev–Trinajstić information content (AvgIpc) is 3.10. The first-order valence-electron chi connectivity index (χ1n) is 5.73. The molecule has 2 rings (SSSR count). The smallest absolute Gasteiger partial charge is 0.332 e. The normalized spacial score (nSPS) is 14.2. The Morgan fingerprint density at radius 2 is 2.21 bits per heavy atom. The fourth-order valence-electron chi connectivity index (χ4n) is 1.64. The van der Waals surface area contributed by atoms with Gasteiger partial charge in [0.1, 0.15) is 11.4 Å². The third-order valence-electron chi connectivity index (χ3n) is 2.67. The van der Waals surface area contributed by atoms with Gasteiger partial charge in [-0.1, -0.05) is 0 Å². The van der Waals surface area contributed by atoms with Crippen molar-refractivity contribution in [2.75, 3.05) is 6.61 Å². The monoisotopic (exact) mass is 267 g/mol. The highest BCUT2D eigenvalue weighted by molar-refractivity contribution is 5.94. The molecule has 0 aliphatic heterocycles. The van der Waals surface area contributed by atoms with E-state index in [0.717, 1.165) is 12.8 Å². The molecule has 0 unspecified atom stereocenters. The van der Waals surface area contributed by atoms with E-state index in [1.54, 1.807) is 6.92 Å². The molecule has 8 nitrogen and oxygen atoms in total. The van der Waals surface area contributed by atoms with Crippen LogP contribution in [-0.2, 0) is 9.63 Å². The highest BCUT2D eigenvalue weighted by atomic mass is 16.7. The lowest BCUT2D eigenvalue weighted by Crippen LogP contribution is -2.33. The van der Waals surface area contributed by atoms with Crippen LogP contribution in [0.25, 0.3) is 0 Å². The van der Waals surface area contributed by atoms with Gasteiger partial charge in [0.25, 0.3) is 11.5 Å². The van der Waals surface area contributed by atoms with Crippen LogP contribution in [0.2, 0.25) is 0 Å². The molecule has 102 valence electrons. The summed E-state index contributed by atoms with van der Waals surface area (Å²) in [5, 5.41) is 8.35. The van der Waals surface area contributed by atoms with Crippen molar-refractivity contribution < 1.29 is 19.5 Å². The van der Waals surface area contributed by atoms with Crippen LogP contribution in [0.4, 0.5) is 0 Å². The number of carbonyl (C=O) groups is 2. The van der Waals surface area contributed by atoms with Crippen molar-refractivity contribution >= 4 is 11.9 Å². The number of hydrogen-bond acceptors (Lipinski definition) is 5. The molecular formula is C11H13N3O5. The van der Waals surface area contributed by atoms with E-state index in [-0.39, 0.29) is 11.5 Å². The zero-order valence-electron chi connectivity index (χ0n) is 10.2. The van der Waals surface area contributed by atoms with Gasteiger partial charge in [-0.25, -0.2) is 15.3 Å². The summed E-state index contributed by atoms with van der Waals surface area (Å²) in [5.74, 6) is -1.18. The SMILES string of the molecule is Cc1nc(C2CC2)[nH]c(=O)c1C(=O)NOCC(=O)O. The number of H-pyrrole nitrogens is 1. The maximum atomic E-state index is 11.8. The first kappa shape index (κ1) is 13.2. The van der Waals surface area contributed by atoms with E-state index in [2.05, 4.69) is 14.8 Å². The Morgan fingerprint density at radius 1 is 1.53 bits per heavy atom. The highest BCUT2D eigenvalue weighted by Crippen LogP contribution is 2.37. The Hall–Kier alpha value is -2.22. The largest absolute Gasteiger partial charge is 0.479 e. The number of rotatable bonds is 5. The summed E-state index contributed by atoms with van der Waals surface area (Å²) in [5.41, 5.74) is 1.47. The molecule has 0 saturated heterocycles. The van der Waals surface area contributed by atoms with Gasteiger partial charge in [0.2, 0.25) is 0 Å². The number of aryl methyl sites for hydroxylation is 1. The maximum Gasteiger partial charge on any atom is 0.332 e. The second-order valence-electron chi connectivity index (χ2n) is 4.30. The lowest BCUT2D eigenvalue weighted by molar-refractivity contribution is -0.144. The third kappa shape index (κ3) is 3.16. The van der Waals surface area contributed by atoms with Gasteiger partial charge >= 0.3 is 5.97 Å². The van der Waals surface area contributed by atoms with Gasteiger partial charge in [0.05, 0.1) is 5.69 Å². The van der Waals surface area contributed by atoms with Gasteiger partial charge in [-0.3, -0.25) is 14.4 Å². The number of carboxylic acids is 1. The zero-order valence-corrected chi connectivity index (χ0v) is 10.2. The molecule has 0 radical (unpaired) electrons. The summed E-state index contributed by atoms with van der Waals surface area (Å²) in [6, 6.07) is 0. The van der Waals surface area contributed by atoms with Crippen LogP contribution in [-0.4, -0.2) is 33.6 Å². The summed E-state index contributed by atoms with van der Waals surface area (Å²) in [7, 11) is 0. The number of aliphatic carboxylic acids is 1. The number of nitrogens with one attached hydrogen (secondary N) is 2. The van der Waals surface area contributed by atoms with Crippen molar-refractivity contribution in [3.05, 3.63) is 27.4 Å². The standard InChI is InChI=1S/C11H13N3O5/c1-5-8(11(18)14-19-4-7(15)16)10(17)13-9(12-5)6-2-3-6/h6H,2-4H2,1H3,(H,14,18)(H,15,16)(H,12,13,17). The number of aromatic amines is 1. The first-order valence-corrected chi connectivity index (χ1v) is 5.73. The van der Waals surface area contributed by atoms with Gasteiger partial charge in [-0.15, -0.1) is 0 Å². The molecule has 3 N–H and O–H groups in total. The fraction of sp³-hybridized carbons (Fsp3) is 0.455. The van der Waals surface area contributed by atoms with Crippen LogP contribution in [0.3, 0.4) is 0 Å². The van der Waals surface area contributed by atoms with Crippen LogP contribution in [0.1, 0.15) is 40.6 Å². The van der Waals surface area contributed by atoms with Crippen molar-refractivity contribution in [2.24, 2.45) is 0 Å². The number of carboxylic acid groups (broad SMARTS) is 1. The van der Waals surface area contributed by atoms with Crippen molar-refractivity contribution in [3.63, 3.8) is 0 Å². The number of amides is 1. The van der Waals surface area contributed by atoms with Crippen LogP contribution in [0.15, 0.2) is 4.79 Å². The van der Waals surface area contributed by atoms with E-state index >= 15 is 0 Å². The number of carbonyl (C=O) groups excluding carboxylic acids is 1. The quantitative estimate of drug-likeness (QED) is 0.630. The van der Waals surface area contributed by atoms with Crippen LogP contribution >= 0.6 is 0 Å². The molecule has 1 heterocycles. The second kappa shape index (κ2) is 5.19. The summed E-state index contributed by atoms with van der Waals surface area (Å²) < 4.78 is 0. The Bertz CT molecular complexity index is 576. The Balaban J connectivity index is 2.13. The summed E-state index contributed by atoms with van der Waals surface area (Å²) >= 11 is 0. The van der Waals surface area contributed by atoms with Gasteiger partial charge < -0.3 is 10.1 Å². The average molecular weight is 267 g/mol. The van der Waals surface area contributed by atoms with E-state index in [0.29, 0.717) is 11.5 Å². The van der Waals surface area contributed by atoms with Crippen molar-refractivity contribution in [1.82, 2.24) is 15.4 Å². The number of nitrogens with zero attached hydrogens (tertiary/aromatic N) is 1. The van der Waals surface area contributed by atoms with E-state index in [9.17, 15) is 14.4 Å². The predicted molar refractivity (Wildman–Crippen MR) is 62.6 cm³/mol. The van der Waals surface area contributed by atoms with Crippen LogP contribution in [0.5, 0.6) is 0 Å². The molecule has 0 atom stereocenters. The minimum Gasteiger partial charge on any atom is -0.479 e. The minimum absolute atomic E-state index is 0.171. The molecule has 1 aromatic heterocycles. The summed E-state index contributed by atoms with van der Waals surface area (Å²) in [6.45, 7) is 0.865. The Kier molecular flexibility index (Phi) is 3.61. The molecule has 19 heavy (non-hydrogen) atoms. The summed E-state index contributed by atoms with van der Waals surface area (Å²) in [4.78, 5) is 44.9. The fourth-order valence-corrected chi connectivity index (χ4v) is 1.64. The Morgan fingerprint density at radius 3 is 2.74 bits per heavy atom. The molecular weight excluding hydrogens is 254 g/mol. The summed E-state index contributed by atoms with van der Waals surface area (Å²) in [6.07, 6.45) is 1.96. The van der Waals surface area contributed by atoms with Gasteiger partial charge in [0.15, 0.2) is 6.61 Å². The maximum absolute atomic E-state index is 11.8. The van der Waals surface area contributed by atoms with Gasteiger partial charge in [-0.2, -0.15) is 0 Å². The minimum atomic E-state index is -1.23. The van der Waals surface area contributed by atoms with Crippen LogP contribution in [0, 0.1) is 6.92 Å². The number of hydrogen-bond donors (Lipinski definition) is 3. The molecule has 8 heteroatoms. The Labute approximate surface area is 107 Å². The van der Waals surface area contributed by atoms with E-state index in [1.807, 2.05) is 5.48 Å². The molecule has 0 bridgehead atoms. The van der Waals surface area contributed by atoms with Crippen molar-refractivity contribution in [1.29, 1.82) is 0 Å². The molecule has 1 aromatic rings. The molecule has 0 spiro atoms. The van der Waals surface area contributed by atoms with E-state index in [4.69, 9.17) is 5.11 Å². The molecule has 1 saturated carbocycles. The highest BCUT2D eigenvalue weighted by Gasteiger charge is 2.28. The first-order chi connectivity index (χ1) is 8.99. The van der Waals surface area contributed by atoms with Crippen LogP contribution < -0.4 is 11.0 Å². The number of aromatic nitrogens is 2. The molecule has 1 amide bonds. The van der Waals surface area contributed by atoms with Gasteiger partial charge in [0, 0.05) is 5.92 Å². The van der Waals surface area contributed by atoms with E-state index in [1.165, 1.54) is 0 Å². The lowest BCUT2D eigenvalue weighted by Gasteiger charge is -2.07. The zero-order chi connectivity index (χ0) is 14.0. The molecule has 1 fully saturated rings. The third-order valence-corrected chi connectivity index (χ3v) is 2.67. The second-order valence-corrected chi connectivity index (χ2v) is 4.30. The molecule has 1 aliphatic carbocycles. The van der Waals surface area contributed by atoms with Crippen molar-refractivity contribution in [2.45, 2.75) is 25.7 Å². The molecule has 1 aliphatic rings.